The first kappa shape index (κ1) is 9.28. The molecule has 0 bridgehead atoms. The molecule has 2 nitrogen and oxygen atoms in total. The van der Waals surface area contributed by atoms with Gasteiger partial charge in [0.25, 0.3) is 0 Å². The molecule has 78 valence electrons. The zero-order chi connectivity index (χ0) is 11.1. The average molecular weight is 208 g/mol. The highest BCUT2D eigenvalue weighted by molar-refractivity contribution is 5.94. The summed E-state index contributed by atoms with van der Waals surface area (Å²) in [6.07, 6.45) is 3.80. The maximum atomic E-state index is 4.43. The summed E-state index contributed by atoms with van der Waals surface area (Å²) in [6.45, 7) is 4.11. The fraction of sp³-hybridized carbons (Fsp3) is 0.143. The third-order valence-corrected chi connectivity index (χ3v) is 2.76. The summed E-state index contributed by atoms with van der Waals surface area (Å²) in [5.41, 5.74) is 4.42. The van der Waals surface area contributed by atoms with Gasteiger partial charge < -0.3 is 0 Å². The minimum Gasteiger partial charge on any atom is -0.256 e. The van der Waals surface area contributed by atoms with Crippen LogP contribution in [0.1, 0.15) is 11.1 Å². The van der Waals surface area contributed by atoms with E-state index in [0.29, 0.717) is 0 Å². The van der Waals surface area contributed by atoms with Gasteiger partial charge in [0.1, 0.15) is 0 Å². The monoisotopic (exact) mass is 208 g/mol. The van der Waals surface area contributed by atoms with E-state index in [0.717, 1.165) is 21.8 Å². The van der Waals surface area contributed by atoms with Crippen molar-refractivity contribution in [3.05, 3.63) is 47.8 Å². The Kier molecular flexibility index (Phi) is 1.90. The zero-order valence-corrected chi connectivity index (χ0v) is 9.36. The Bertz CT molecular complexity index is 625. The topological polar surface area (TPSA) is 25.8 Å². The molecule has 0 saturated carbocycles. The molecule has 0 N–H and O–H groups in total. The summed E-state index contributed by atoms with van der Waals surface area (Å²) in [4.78, 5) is 8.87. The Morgan fingerprint density at radius 3 is 1.56 bits per heavy atom. The van der Waals surface area contributed by atoms with Crippen molar-refractivity contribution in [1.29, 1.82) is 0 Å². The molecule has 0 atom stereocenters. The van der Waals surface area contributed by atoms with Gasteiger partial charge in [0.05, 0.1) is 11.0 Å². The van der Waals surface area contributed by atoms with Crippen LogP contribution in [-0.4, -0.2) is 9.97 Å². The zero-order valence-electron chi connectivity index (χ0n) is 9.36. The van der Waals surface area contributed by atoms with Crippen LogP contribution in [0.15, 0.2) is 36.7 Å². The van der Waals surface area contributed by atoms with Crippen molar-refractivity contribution in [2.75, 3.05) is 0 Å². The van der Waals surface area contributed by atoms with Crippen LogP contribution in [0.2, 0.25) is 0 Å². The Balaban J connectivity index is 2.44. The number of fused-ring (bicyclic) bond motifs is 2. The van der Waals surface area contributed by atoms with Crippen molar-refractivity contribution < 1.29 is 0 Å². The smallest absolute Gasteiger partial charge is 0.0709 e. The molecule has 2 heteroatoms. The van der Waals surface area contributed by atoms with E-state index < -0.39 is 0 Å². The number of aromatic nitrogens is 2. The van der Waals surface area contributed by atoms with Gasteiger partial charge in [0.15, 0.2) is 0 Å². The average Bonchev–Trinajstić information content (AvgIpc) is 2.26. The Morgan fingerprint density at radius 2 is 1.12 bits per heavy atom. The van der Waals surface area contributed by atoms with Crippen LogP contribution in [0.4, 0.5) is 0 Å². The Labute approximate surface area is 94.0 Å². The summed E-state index contributed by atoms with van der Waals surface area (Å²) < 4.78 is 0. The lowest BCUT2D eigenvalue weighted by Gasteiger charge is -2.02. The van der Waals surface area contributed by atoms with Gasteiger partial charge >= 0.3 is 0 Å². The van der Waals surface area contributed by atoms with E-state index >= 15 is 0 Å². The maximum absolute atomic E-state index is 4.43. The van der Waals surface area contributed by atoms with E-state index in [2.05, 4.69) is 48.1 Å². The molecule has 0 saturated heterocycles. The molecule has 0 radical (unpaired) electrons. The number of aryl methyl sites for hydroxylation is 2. The number of benzene rings is 1. The molecule has 2 aromatic heterocycles. The van der Waals surface area contributed by atoms with E-state index in [1.807, 2.05) is 12.4 Å². The minimum absolute atomic E-state index is 1.03. The maximum Gasteiger partial charge on any atom is 0.0709 e. The quantitative estimate of drug-likeness (QED) is 0.529. The fourth-order valence-electron chi connectivity index (χ4n) is 1.97. The summed E-state index contributed by atoms with van der Waals surface area (Å²) in [6, 6.07) is 8.49. The van der Waals surface area contributed by atoms with Crippen molar-refractivity contribution >= 4 is 21.8 Å². The van der Waals surface area contributed by atoms with E-state index in [1.165, 1.54) is 11.1 Å². The molecular weight excluding hydrogens is 196 g/mol. The Morgan fingerprint density at radius 1 is 0.688 bits per heavy atom. The summed E-state index contributed by atoms with van der Waals surface area (Å²) >= 11 is 0. The van der Waals surface area contributed by atoms with Crippen LogP contribution in [0.25, 0.3) is 21.8 Å². The molecule has 0 amide bonds. The first-order chi connectivity index (χ1) is 7.72. The molecule has 0 aliphatic carbocycles. The van der Waals surface area contributed by atoms with Gasteiger partial charge in [-0.2, -0.15) is 0 Å². The van der Waals surface area contributed by atoms with Crippen molar-refractivity contribution in [3.8, 4) is 0 Å². The van der Waals surface area contributed by atoms with Crippen molar-refractivity contribution in [2.24, 2.45) is 0 Å². The SMILES string of the molecule is Cc1cnc2cc3cc(C)cnc3cc2c1. The molecule has 0 unspecified atom stereocenters. The molecule has 1 aromatic carbocycles. The lowest BCUT2D eigenvalue weighted by molar-refractivity contribution is 1.32. The van der Waals surface area contributed by atoms with Crippen LogP contribution in [-0.2, 0) is 0 Å². The number of pyridine rings is 2. The first-order valence-corrected chi connectivity index (χ1v) is 5.35. The fourth-order valence-corrected chi connectivity index (χ4v) is 1.97. The number of hydrogen-bond acceptors (Lipinski definition) is 2. The predicted octanol–water partition coefficient (Wildman–Crippen LogP) is 3.40. The normalized spacial score (nSPS) is 11.1. The standard InChI is InChI=1S/C14H12N2/c1-9-3-11-5-14-12(4-10(2)8-16-14)6-13(11)15-7-9/h3-8H,1-2H3. The number of rotatable bonds is 0. The van der Waals surface area contributed by atoms with E-state index in [9.17, 15) is 0 Å². The molecule has 0 fully saturated rings. The third-order valence-electron chi connectivity index (χ3n) is 2.76. The van der Waals surface area contributed by atoms with Gasteiger partial charge in [-0.25, -0.2) is 0 Å². The molecule has 3 aromatic rings. The van der Waals surface area contributed by atoms with Crippen LogP contribution in [0.3, 0.4) is 0 Å². The lowest BCUT2D eigenvalue weighted by Crippen LogP contribution is -1.85. The van der Waals surface area contributed by atoms with E-state index in [1.54, 1.807) is 0 Å². The molecule has 0 spiro atoms. The van der Waals surface area contributed by atoms with Crippen LogP contribution in [0.5, 0.6) is 0 Å². The van der Waals surface area contributed by atoms with Gasteiger partial charge in [-0.15, -0.1) is 0 Å². The highest BCUT2D eigenvalue weighted by Gasteiger charge is 2.00. The second-order valence-electron chi connectivity index (χ2n) is 4.26. The van der Waals surface area contributed by atoms with Gasteiger partial charge in [-0.05, 0) is 49.2 Å². The largest absolute Gasteiger partial charge is 0.256 e. The molecule has 16 heavy (non-hydrogen) atoms. The van der Waals surface area contributed by atoms with Crippen molar-refractivity contribution in [3.63, 3.8) is 0 Å². The highest BCUT2D eigenvalue weighted by atomic mass is 14.7. The van der Waals surface area contributed by atoms with Crippen molar-refractivity contribution in [1.82, 2.24) is 9.97 Å². The van der Waals surface area contributed by atoms with Crippen LogP contribution < -0.4 is 0 Å². The molecule has 2 heterocycles. The van der Waals surface area contributed by atoms with E-state index in [-0.39, 0.29) is 0 Å². The second-order valence-corrected chi connectivity index (χ2v) is 4.26. The van der Waals surface area contributed by atoms with Gasteiger partial charge in [0, 0.05) is 23.2 Å². The Hall–Kier alpha value is -1.96. The predicted molar refractivity (Wildman–Crippen MR) is 66.5 cm³/mol. The van der Waals surface area contributed by atoms with Crippen LogP contribution >= 0.6 is 0 Å². The first-order valence-electron chi connectivity index (χ1n) is 5.35. The minimum atomic E-state index is 1.03. The highest BCUT2D eigenvalue weighted by Crippen LogP contribution is 2.21. The van der Waals surface area contributed by atoms with E-state index in [4.69, 9.17) is 0 Å². The summed E-state index contributed by atoms with van der Waals surface area (Å²) in [7, 11) is 0. The second kappa shape index (κ2) is 3.27. The lowest BCUT2D eigenvalue weighted by atomic mass is 10.1. The van der Waals surface area contributed by atoms with Crippen molar-refractivity contribution in [2.45, 2.75) is 13.8 Å². The molecule has 0 aliphatic rings. The third kappa shape index (κ3) is 1.43. The molecule has 3 rings (SSSR count). The van der Waals surface area contributed by atoms with Gasteiger partial charge in [0.2, 0.25) is 0 Å². The molecular formula is C14H12N2. The van der Waals surface area contributed by atoms with Crippen LogP contribution in [0, 0.1) is 13.8 Å². The summed E-state index contributed by atoms with van der Waals surface area (Å²) in [5.74, 6) is 0. The summed E-state index contributed by atoms with van der Waals surface area (Å²) in [5, 5.41) is 2.31. The number of hydrogen-bond donors (Lipinski definition) is 0. The molecule has 0 aliphatic heterocycles. The van der Waals surface area contributed by atoms with Gasteiger partial charge in [-0.1, -0.05) is 0 Å². The number of nitrogens with zero attached hydrogens (tertiary/aromatic N) is 2. The van der Waals surface area contributed by atoms with Gasteiger partial charge in [-0.3, -0.25) is 9.97 Å².